The number of nitrogens with two attached hydrogens (primary N) is 1. The average Bonchev–Trinajstić information content (AvgIpc) is 1.88. The standard InChI is InChI=1S/C4H8NO4P/c5-3(4(6)7)1-2-9-10-8/h3H,1-2,5H2,(H,6,7)/t3-/m0/s1. The molecule has 0 aliphatic carbocycles. The SMILES string of the molecule is N[C@@H](CCOP=O)C(=O)O. The minimum atomic E-state index is -1.08. The van der Waals surface area contributed by atoms with Crippen LogP contribution in [-0.4, -0.2) is 23.7 Å². The Balaban J connectivity index is 3.30. The van der Waals surface area contributed by atoms with Crippen LogP contribution in [0.15, 0.2) is 0 Å². The van der Waals surface area contributed by atoms with Gasteiger partial charge in [0.1, 0.15) is 6.04 Å². The second kappa shape index (κ2) is 5.29. The molecule has 10 heavy (non-hydrogen) atoms. The maximum Gasteiger partial charge on any atom is 0.327 e. The molecule has 0 unspecified atom stereocenters. The highest BCUT2D eigenvalue weighted by Crippen LogP contribution is 1.97. The van der Waals surface area contributed by atoms with Crippen LogP contribution < -0.4 is 5.73 Å². The molecule has 0 spiro atoms. The molecule has 0 rings (SSSR count). The number of aliphatic carboxylic acids is 1. The van der Waals surface area contributed by atoms with Crippen molar-refractivity contribution in [2.75, 3.05) is 6.61 Å². The summed E-state index contributed by atoms with van der Waals surface area (Å²) in [7, 11) is -0.445. The van der Waals surface area contributed by atoms with E-state index in [1.165, 1.54) is 0 Å². The summed E-state index contributed by atoms with van der Waals surface area (Å²) >= 11 is 0. The molecule has 0 radical (unpaired) electrons. The van der Waals surface area contributed by atoms with Crippen LogP contribution in [0.3, 0.4) is 0 Å². The first kappa shape index (κ1) is 9.49. The maximum atomic E-state index is 10.0. The second-order valence-corrected chi connectivity index (χ2v) is 2.05. The number of rotatable bonds is 5. The number of carboxylic acid groups (broad SMARTS) is 1. The average molecular weight is 165 g/mol. The fourth-order valence-corrected chi connectivity index (χ4v) is 0.520. The van der Waals surface area contributed by atoms with E-state index in [1.54, 1.807) is 0 Å². The lowest BCUT2D eigenvalue weighted by molar-refractivity contribution is -0.138. The van der Waals surface area contributed by atoms with Crippen molar-refractivity contribution in [3.05, 3.63) is 0 Å². The molecule has 5 nitrogen and oxygen atoms in total. The first-order chi connectivity index (χ1) is 4.68. The normalized spacial score (nSPS) is 13.3. The summed E-state index contributed by atoms with van der Waals surface area (Å²) in [5.74, 6) is -1.08. The van der Waals surface area contributed by atoms with Gasteiger partial charge in [0.15, 0.2) is 0 Å². The molecule has 0 fully saturated rings. The van der Waals surface area contributed by atoms with Gasteiger partial charge in [0, 0.05) is 0 Å². The number of carboxylic acids is 1. The van der Waals surface area contributed by atoms with Crippen molar-refractivity contribution in [3.63, 3.8) is 0 Å². The molecule has 0 aromatic rings. The monoisotopic (exact) mass is 165 g/mol. The zero-order valence-corrected chi connectivity index (χ0v) is 6.08. The molecule has 3 N–H and O–H groups in total. The summed E-state index contributed by atoms with van der Waals surface area (Å²) in [5.41, 5.74) is 5.07. The van der Waals surface area contributed by atoms with Crippen molar-refractivity contribution in [2.24, 2.45) is 5.73 Å². The Bertz CT molecular complexity index is 128. The Labute approximate surface area is 59.4 Å². The molecule has 0 heterocycles. The molecule has 0 saturated carbocycles. The van der Waals surface area contributed by atoms with Crippen LogP contribution >= 0.6 is 8.69 Å². The smallest absolute Gasteiger partial charge is 0.327 e. The van der Waals surface area contributed by atoms with Gasteiger partial charge in [-0.3, -0.25) is 9.32 Å². The summed E-state index contributed by atoms with van der Waals surface area (Å²) < 4.78 is 14.0. The second-order valence-electron chi connectivity index (χ2n) is 1.64. The molecule has 6 heteroatoms. The minimum absolute atomic E-state index is 0.0958. The first-order valence-corrected chi connectivity index (χ1v) is 3.34. The van der Waals surface area contributed by atoms with Crippen LogP contribution in [0.1, 0.15) is 6.42 Å². The Morgan fingerprint density at radius 3 is 2.80 bits per heavy atom. The van der Waals surface area contributed by atoms with Crippen molar-refractivity contribution < 1.29 is 19.0 Å². The molecule has 1 atom stereocenters. The molecule has 0 bridgehead atoms. The Morgan fingerprint density at radius 1 is 1.80 bits per heavy atom. The predicted molar refractivity (Wildman–Crippen MR) is 33.8 cm³/mol. The van der Waals surface area contributed by atoms with Gasteiger partial charge in [-0.25, -0.2) is 4.57 Å². The van der Waals surface area contributed by atoms with Crippen molar-refractivity contribution in [1.29, 1.82) is 0 Å². The molecule has 0 aromatic carbocycles. The number of carbonyl (C=O) groups is 1. The lowest BCUT2D eigenvalue weighted by Gasteiger charge is -2.01. The third-order valence-corrected chi connectivity index (χ3v) is 1.18. The van der Waals surface area contributed by atoms with Gasteiger partial charge in [0.25, 0.3) is 0 Å². The van der Waals surface area contributed by atoms with E-state index in [9.17, 15) is 9.36 Å². The van der Waals surface area contributed by atoms with E-state index >= 15 is 0 Å². The summed E-state index contributed by atoms with van der Waals surface area (Å²) in [6.07, 6.45) is 0.171. The molecule has 0 aromatic heterocycles. The molecule has 0 aliphatic heterocycles. The first-order valence-electron chi connectivity index (χ1n) is 2.61. The van der Waals surface area contributed by atoms with Crippen molar-refractivity contribution in [2.45, 2.75) is 12.5 Å². The summed E-state index contributed by atoms with van der Waals surface area (Å²) in [5, 5.41) is 8.22. The van der Waals surface area contributed by atoms with Gasteiger partial charge in [0.2, 0.25) is 0 Å². The van der Waals surface area contributed by atoms with Gasteiger partial charge >= 0.3 is 14.7 Å². The van der Waals surface area contributed by atoms with E-state index in [0.717, 1.165) is 0 Å². The van der Waals surface area contributed by atoms with Crippen molar-refractivity contribution in [3.8, 4) is 0 Å². The highest BCUT2D eigenvalue weighted by Gasteiger charge is 2.09. The van der Waals surface area contributed by atoms with Gasteiger partial charge in [0.05, 0.1) is 6.61 Å². The van der Waals surface area contributed by atoms with Crippen LogP contribution in [0.5, 0.6) is 0 Å². The van der Waals surface area contributed by atoms with E-state index in [2.05, 4.69) is 4.52 Å². The summed E-state index contributed by atoms with van der Waals surface area (Å²) in [6, 6.07) is -0.929. The lowest BCUT2D eigenvalue weighted by atomic mass is 10.2. The zero-order valence-electron chi connectivity index (χ0n) is 5.19. The minimum Gasteiger partial charge on any atom is -0.480 e. The summed E-state index contributed by atoms with van der Waals surface area (Å²) in [4.78, 5) is 10.0. The third kappa shape index (κ3) is 4.38. The van der Waals surface area contributed by atoms with E-state index < -0.39 is 20.7 Å². The quantitative estimate of drug-likeness (QED) is 0.442. The summed E-state index contributed by atoms with van der Waals surface area (Å²) in [6.45, 7) is 0.0958. The third-order valence-electron chi connectivity index (χ3n) is 0.890. The maximum absolute atomic E-state index is 10.0. The molecule has 0 saturated heterocycles. The molecule has 58 valence electrons. The highest BCUT2D eigenvalue weighted by atomic mass is 31.1. The topological polar surface area (TPSA) is 89.6 Å². The van der Waals surface area contributed by atoms with E-state index in [-0.39, 0.29) is 13.0 Å². The van der Waals surface area contributed by atoms with Crippen molar-refractivity contribution in [1.82, 2.24) is 0 Å². The fraction of sp³-hybridized carbons (Fsp3) is 0.750. The zero-order chi connectivity index (χ0) is 7.98. The fourth-order valence-electron chi connectivity index (χ4n) is 0.340. The van der Waals surface area contributed by atoms with Gasteiger partial charge in [-0.2, -0.15) is 0 Å². The highest BCUT2D eigenvalue weighted by molar-refractivity contribution is 7.17. The van der Waals surface area contributed by atoms with Gasteiger partial charge in [-0.05, 0) is 6.42 Å². The lowest BCUT2D eigenvalue weighted by Crippen LogP contribution is -2.30. The number of hydrogen-bond donors (Lipinski definition) is 2. The molecular weight excluding hydrogens is 157 g/mol. The number of hydrogen-bond acceptors (Lipinski definition) is 4. The predicted octanol–water partition coefficient (Wildman–Crippen LogP) is 0.0117. The van der Waals surface area contributed by atoms with Gasteiger partial charge in [-0.15, -0.1) is 0 Å². The Hall–Kier alpha value is -0.510. The van der Waals surface area contributed by atoms with E-state index in [1.807, 2.05) is 0 Å². The van der Waals surface area contributed by atoms with Crippen LogP contribution in [0.2, 0.25) is 0 Å². The van der Waals surface area contributed by atoms with Gasteiger partial charge < -0.3 is 10.8 Å². The Kier molecular flexibility index (Phi) is 5.02. The van der Waals surface area contributed by atoms with Crippen LogP contribution in [0.4, 0.5) is 0 Å². The molecule has 0 amide bonds. The van der Waals surface area contributed by atoms with Crippen LogP contribution in [0, 0.1) is 0 Å². The Morgan fingerprint density at radius 2 is 2.40 bits per heavy atom. The van der Waals surface area contributed by atoms with Crippen molar-refractivity contribution >= 4 is 14.7 Å². The largest absolute Gasteiger partial charge is 0.480 e. The van der Waals surface area contributed by atoms with E-state index in [0.29, 0.717) is 0 Å². The van der Waals surface area contributed by atoms with E-state index in [4.69, 9.17) is 10.8 Å². The van der Waals surface area contributed by atoms with Gasteiger partial charge in [-0.1, -0.05) is 0 Å². The molecular formula is C4H8NO4P. The molecule has 0 aliphatic rings. The van der Waals surface area contributed by atoms with Crippen LogP contribution in [-0.2, 0) is 13.9 Å². The van der Waals surface area contributed by atoms with Crippen LogP contribution in [0.25, 0.3) is 0 Å².